The van der Waals surface area contributed by atoms with E-state index in [9.17, 15) is 14.7 Å². The summed E-state index contributed by atoms with van der Waals surface area (Å²) in [5, 5.41) is 9.24. The zero-order valence-electron chi connectivity index (χ0n) is 14.4. The van der Waals surface area contributed by atoms with Crippen LogP contribution in [0.25, 0.3) is 5.69 Å². The van der Waals surface area contributed by atoms with E-state index in [0.717, 1.165) is 24.1 Å². The first-order valence-corrected chi connectivity index (χ1v) is 8.60. The minimum atomic E-state index is -1.16. The van der Waals surface area contributed by atoms with Crippen LogP contribution in [0.3, 0.4) is 0 Å². The van der Waals surface area contributed by atoms with E-state index in [1.807, 2.05) is 36.5 Å². The van der Waals surface area contributed by atoms with Gasteiger partial charge in [0.15, 0.2) is 0 Å². The summed E-state index contributed by atoms with van der Waals surface area (Å²) >= 11 is 0. The molecule has 0 amide bonds. The number of benzene rings is 1. The van der Waals surface area contributed by atoms with Gasteiger partial charge >= 0.3 is 11.9 Å². The summed E-state index contributed by atoms with van der Waals surface area (Å²) in [4.78, 5) is 32.1. The molecule has 0 saturated heterocycles. The van der Waals surface area contributed by atoms with Crippen molar-refractivity contribution in [3.8, 4) is 5.69 Å². The van der Waals surface area contributed by atoms with Gasteiger partial charge < -0.3 is 14.4 Å². The Hall–Kier alpha value is -3.48. The predicted octanol–water partition coefficient (Wildman–Crippen LogP) is 3.20. The first kappa shape index (κ1) is 17.0. The van der Waals surface area contributed by atoms with E-state index >= 15 is 0 Å². The molecule has 0 bridgehead atoms. The van der Waals surface area contributed by atoms with Crippen LogP contribution < -0.4 is 0 Å². The van der Waals surface area contributed by atoms with Gasteiger partial charge in [0.05, 0.1) is 17.7 Å². The van der Waals surface area contributed by atoms with Gasteiger partial charge in [-0.2, -0.15) is 0 Å². The topological polar surface area (TPSA) is 94.3 Å². The molecule has 0 unspecified atom stereocenters. The summed E-state index contributed by atoms with van der Waals surface area (Å²) < 4.78 is 7.04. The summed E-state index contributed by atoms with van der Waals surface area (Å²) in [7, 11) is 0. The highest BCUT2D eigenvalue weighted by Crippen LogP contribution is 2.39. The fraction of sp³-hybridized carbons (Fsp3) is 0.200. The molecule has 1 N–H and O–H groups in total. The Kier molecular flexibility index (Phi) is 4.42. The van der Waals surface area contributed by atoms with Crippen LogP contribution >= 0.6 is 0 Å². The minimum Gasteiger partial charge on any atom is -0.477 e. The van der Waals surface area contributed by atoms with Crippen molar-refractivity contribution in [1.29, 1.82) is 0 Å². The number of carbonyl (C=O) groups is 2. The molecule has 136 valence electrons. The van der Waals surface area contributed by atoms with Gasteiger partial charge in [0.2, 0.25) is 0 Å². The van der Waals surface area contributed by atoms with Crippen molar-refractivity contribution in [2.24, 2.45) is 0 Å². The van der Waals surface area contributed by atoms with Gasteiger partial charge in [-0.05, 0) is 24.5 Å². The number of carbonyl (C=O) groups excluding carboxylic acids is 1. The largest absolute Gasteiger partial charge is 0.477 e. The molecule has 3 aromatic rings. The van der Waals surface area contributed by atoms with E-state index < -0.39 is 11.9 Å². The zero-order chi connectivity index (χ0) is 18.8. The van der Waals surface area contributed by atoms with E-state index in [4.69, 9.17) is 4.74 Å². The second kappa shape index (κ2) is 7.03. The number of aromatic carboxylic acids is 1. The van der Waals surface area contributed by atoms with E-state index in [1.54, 1.807) is 10.9 Å². The fourth-order valence-corrected chi connectivity index (χ4v) is 2.79. The molecule has 2 heterocycles. The number of esters is 1. The molecule has 0 radical (unpaired) electrons. The van der Waals surface area contributed by atoms with Gasteiger partial charge in [-0.25, -0.2) is 19.6 Å². The molecule has 1 aliphatic carbocycles. The summed E-state index contributed by atoms with van der Waals surface area (Å²) in [6, 6.07) is 10.7. The summed E-state index contributed by atoms with van der Waals surface area (Å²) in [5.41, 5.74) is 2.23. The molecule has 0 aliphatic heterocycles. The van der Waals surface area contributed by atoms with Crippen LogP contribution in [-0.2, 0) is 11.3 Å². The molecule has 4 rings (SSSR count). The lowest BCUT2D eigenvalue weighted by molar-refractivity contribution is 0.0471. The minimum absolute atomic E-state index is 0.122. The molecule has 1 aromatic carbocycles. The van der Waals surface area contributed by atoms with E-state index in [2.05, 4.69) is 9.97 Å². The van der Waals surface area contributed by atoms with Crippen molar-refractivity contribution < 1.29 is 19.4 Å². The number of carboxylic acid groups (broad SMARTS) is 1. The molecule has 0 spiro atoms. The molecule has 7 heteroatoms. The molecular formula is C20H17N3O4. The van der Waals surface area contributed by atoms with Crippen LogP contribution in [0.4, 0.5) is 0 Å². The van der Waals surface area contributed by atoms with Crippen LogP contribution in [0, 0.1) is 0 Å². The average Bonchev–Trinajstić information content (AvgIpc) is 3.43. The summed E-state index contributed by atoms with van der Waals surface area (Å²) in [6.45, 7) is 0.122. The highest BCUT2D eigenvalue weighted by atomic mass is 16.5. The SMILES string of the molecule is O=C(O)c1cc(-n2cnc(C3CC3)c2)c(C(=O)OCc2ccccc2)cn1. The van der Waals surface area contributed by atoms with Crippen molar-refractivity contribution in [2.45, 2.75) is 25.4 Å². The van der Waals surface area contributed by atoms with E-state index in [0.29, 0.717) is 11.6 Å². The maximum absolute atomic E-state index is 12.6. The van der Waals surface area contributed by atoms with Crippen molar-refractivity contribution in [1.82, 2.24) is 14.5 Å². The first-order chi connectivity index (χ1) is 13.1. The molecule has 7 nitrogen and oxygen atoms in total. The fourth-order valence-electron chi connectivity index (χ4n) is 2.79. The van der Waals surface area contributed by atoms with Crippen molar-refractivity contribution in [3.63, 3.8) is 0 Å². The highest BCUT2D eigenvalue weighted by Gasteiger charge is 2.26. The number of ether oxygens (including phenoxy) is 1. The van der Waals surface area contributed by atoms with Crippen LogP contribution in [0.15, 0.2) is 55.1 Å². The predicted molar refractivity (Wildman–Crippen MR) is 95.9 cm³/mol. The lowest BCUT2D eigenvalue weighted by Gasteiger charge is -2.11. The van der Waals surface area contributed by atoms with Gasteiger partial charge in [-0.15, -0.1) is 0 Å². The molecule has 1 saturated carbocycles. The first-order valence-electron chi connectivity index (χ1n) is 8.60. The molecular weight excluding hydrogens is 346 g/mol. The maximum atomic E-state index is 12.6. The number of pyridine rings is 1. The third-order valence-corrected chi connectivity index (χ3v) is 4.41. The number of rotatable bonds is 6. The van der Waals surface area contributed by atoms with Crippen LogP contribution in [0.5, 0.6) is 0 Å². The maximum Gasteiger partial charge on any atom is 0.354 e. The Bertz CT molecular complexity index is 993. The number of hydrogen-bond donors (Lipinski definition) is 1. The Morgan fingerprint density at radius 2 is 1.96 bits per heavy atom. The molecule has 1 aliphatic rings. The second-order valence-electron chi connectivity index (χ2n) is 6.43. The van der Waals surface area contributed by atoms with Gasteiger partial charge in [0.25, 0.3) is 0 Å². The smallest absolute Gasteiger partial charge is 0.354 e. The average molecular weight is 363 g/mol. The number of imidazole rings is 1. The van der Waals surface area contributed by atoms with Gasteiger partial charge in [-0.3, -0.25) is 0 Å². The third kappa shape index (κ3) is 3.72. The standard InChI is InChI=1S/C20H17N3O4/c24-19(25)16-8-18(23-10-17(22-12-23)14-6-7-14)15(9-21-16)20(26)27-11-13-4-2-1-3-5-13/h1-5,8-10,12,14H,6-7,11H2,(H,24,25). The molecule has 2 aromatic heterocycles. The highest BCUT2D eigenvalue weighted by molar-refractivity contribution is 5.95. The quantitative estimate of drug-likeness (QED) is 0.676. The summed E-state index contributed by atoms with van der Waals surface area (Å²) in [6.07, 6.45) is 6.84. The van der Waals surface area contributed by atoms with E-state index in [1.165, 1.54) is 12.3 Å². The number of nitrogens with zero attached hydrogens (tertiary/aromatic N) is 3. The van der Waals surface area contributed by atoms with Crippen LogP contribution in [0.2, 0.25) is 0 Å². The van der Waals surface area contributed by atoms with Gasteiger partial charge in [0, 0.05) is 18.3 Å². The Balaban J connectivity index is 1.64. The van der Waals surface area contributed by atoms with Crippen LogP contribution in [0.1, 0.15) is 50.9 Å². The lowest BCUT2D eigenvalue weighted by atomic mass is 10.2. The number of aromatic nitrogens is 3. The van der Waals surface area contributed by atoms with Gasteiger partial charge in [0.1, 0.15) is 17.9 Å². The number of carboxylic acids is 1. The molecule has 1 fully saturated rings. The molecule has 27 heavy (non-hydrogen) atoms. The van der Waals surface area contributed by atoms with Crippen LogP contribution in [-0.4, -0.2) is 31.6 Å². The Morgan fingerprint density at radius 3 is 2.67 bits per heavy atom. The van der Waals surface area contributed by atoms with Crippen molar-refractivity contribution in [2.75, 3.05) is 0 Å². The number of hydrogen-bond acceptors (Lipinski definition) is 5. The van der Waals surface area contributed by atoms with E-state index in [-0.39, 0.29) is 17.9 Å². The van der Waals surface area contributed by atoms with Crippen molar-refractivity contribution >= 4 is 11.9 Å². The summed E-state index contributed by atoms with van der Waals surface area (Å²) in [5.74, 6) is -1.29. The Labute approximate surface area is 155 Å². The third-order valence-electron chi connectivity index (χ3n) is 4.41. The zero-order valence-corrected chi connectivity index (χ0v) is 14.4. The normalized spacial score (nSPS) is 13.3. The monoisotopic (exact) mass is 363 g/mol. The second-order valence-corrected chi connectivity index (χ2v) is 6.43. The Morgan fingerprint density at radius 1 is 1.19 bits per heavy atom. The van der Waals surface area contributed by atoms with Gasteiger partial charge in [-0.1, -0.05) is 30.3 Å². The lowest BCUT2D eigenvalue weighted by Crippen LogP contribution is -2.12. The molecule has 0 atom stereocenters. The van der Waals surface area contributed by atoms with Crippen molar-refractivity contribution in [3.05, 3.63) is 77.6 Å².